The molecule has 7 heteroatoms. The zero-order valence-corrected chi connectivity index (χ0v) is 17.8. The molecule has 2 aromatic carbocycles. The quantitative estimate of drug-likeness (QED) is 0.631. The Morgan fingerprint density at radius 3 is 2.71 bits per heavy atom. The topological polar surface area (TPSA) is 72.8 Å². The number of amides is 1. The third-order valence-electron chi connectivity index (χ3n) is 5.40. The van der Waals surface area contributed by atoms with Crippen LogP contribution in [0.25, 0.3) is 10.9 Å². The highest BCUT2D eigenvalue weighted by molar-refractivity contribution is 5.92. The van der Waals surface area contributed by atoms with Crippen molar-refractivity contribution >= 4 is 23.1 Å². The predicted octanol–water partition coefficient (Wildman–Crippen LogP) is 3.58. The number of aromatic nitrogens is 1. The molecule has 7 nitrogen and oxygen atoms in total. The Morgan fingerprint density at radius 2 is 2.00 bits per heavy atom. The average molecular weight is 421 g/mol. The largest absolute Gasteiger partial charge is 0.447 e. The Balaban J connectivity index is 1.58. The van der Waals surface area contributed by atoms with Crippen LogP contribution in [0.5, 0.6) is 0 Å². The van der Waals surface area contributed by atoms with Crippen molar-refractivity contribution < 1.29 is 19.1 Å². The van der Waals surface area contributed by atoms with Gasteiger partial charge in [-0.15, -0.1) is 0 Å². The number of cyclic esters (lactones) is 1. The van der Waals surface area contributed by atoms with Crippen molar-refractivity contribution in [1.29, 1.82) is 0 Å². The molecule has 2 heterocycles. The fourth-order valence-electron chi connectivity index (χ4n) is 3.78. The van der Waals surface area contributed by atoms with E-state index in [2.05, 4.69) is 16.3 Å². The van der Waals surface area contributed by atoms with Gasteiger partial charge >= 0.3 is 12.2 Å². The number of carbonyl (C=O) groups excluding carboxylic acids is 2. The minimum Gasteiger partial charge on any atom is -0.447 e. The first-order valence-electron chi connectivity index (χ1n) is 10.4. The number of alkyl carbamates (subject to hydrolysis) is 1. The highest BCUT2D eigenvalue weighted by atomic mass is 16.6. The van der Waals surface area contributed by atoms with Crippen LogP contribution in [0.2, 0.25) is 0 Å². The molecule has 1 atom stereocenters. The van der Waals surface area contributed by atoms with Gasteiger partial charge in [-0.2, -0.15) is 0 Å². The third-order valence-corrected chi connectivity index (χ3v) is 5.40. The second-order valence-corrected chi connectivity index (χ2v) is 8.11. The molecular formula is C24H27N3O4. The first-order valence-corrected chi connectivity index (χ1v) is 10.4. The monoisotopic (exact) mass is 421 g/mol. The van der Waals surface area contributed by atoms with Crippen LogP contribution in [0.1, 0.15) is 16.7 Å². The highest BCUT2D eigenvalue weighted by Crippen LogP contribution is 2.25. The molecule has 31 heavy (non-hydrogen) atoms. The van der Waals surface area contributed by atoms with E-state index in [1.54, 1.807) is 4.57 Å². The minimum absolute atomic E-state index is 0.0342. The maximum atomic E-state index is 12.8. The van der Waals surface area contributed by atoms with Gasteiger partial charge in [0.25, 0.3) is 0 Å². The van der Waals surface area contributed by atoms with Crippen LogP contribution in [-0.4, -0.2) is 54.9 Å². The van der Waals surface area contributed by atoms with Crippen LogP contribution in [0.15, 0.2) is 54.7 Å². The number of nitrogens with zero attached hydrogens (tertiary/aromatic N) is 2. The first-order chi connectivity index (χ1) is 15.0. The standard InChI is InChI=1S/C24H27N3O4/c1-26(2)11-10-19-14-27(24(29)31-15-17-6-4-3-5-7-17)22-9-8-18(13-21(19)22)12-20-16-30-23(28)25-20/h3-9,13-14,20H,10-12,15-16H2,1-2H3,(H,25,28). The summed E-state index contributed by atoms with van der Waals surface area (Å²) in [5, 5.41) is 3.84. The van der Waals surface area contributed by atoms with Crippen molar-refractivity contribution in [2.45, 2.75) is 25.5 Å². The number of ether oxygens (including phenoxy) is 2. The van der Waals surface area contributed by atoms with E-state index in [0.717, 1.165) is 40.6 Å². The van der Waals surface area contributed by atoms with Crippen molar-refractivity contribution in [3.05, 3.63) is 71.4 Å². The summed E-state index contributed by atoms with van der Waals surface area (Å²) in [6, 6.07) is 15.7. The van der Waals surface area contributed by atoms with Gasteiger partial charge < -0.3 is 19.7 Å². The number of rotatable bonds is 7. The summed E-state index contributed by atoms with van der Waals surface area (Å²) in [7, 11) is 4.06. The second kappa shape index (κ2) is 9.22. The van der Waals surface area contributed by atoms with Crippen LogP contribution < -0.4 is 5.32 Å². The Bertz CT molecular complexity index is 1080. The number of carbonyl (C=O) groups is 2. The number of likely N-dealkylation sites (N-methyl/N-ethyl adjacent to an activating group) is 1. The maximum absolute atomic E-state index is 12.8. The third kappa shape index (κ3) is 5.06. The minimum atomic E-state index is -0.394. The Morgan fingerprint density at radius 1 is 1.19 bits per heavy atom. The predicted molar refractivity (Wildman–Crippen MR) is 118 cm³/mol. The summed E-state index contributed by atoms with van der Waals surface area (Å²) >= 11 is 0. The van der Waals surface area contributed by atoms with Crippen LogP contribution in [-0.2, 0) is 28.9 Å². The lowest BCUT2D eigenvalue weighted by molar-refractivity contribution is 0.142. The number of nitrogens with one attached hydrogen (secondary N) is 1. The molecular weight excluding hydrogens is 394 g/mol. The van der Waals surface area contributed by atoms with E-state index in [-0.39, 0.29) is 18.7 Å². The van der Waals surface area contributed by atoms with E-state index in [0.29, 0.717) is 13.0 Å². The van der Waals surface area contributed by atoms with Crippen LogP contribution in [0.3, 0.4) is 0 Å². The van der Waals surface area contributed by atoms with Gasteiger partial charge in [-0.1, -0.05) is 36.4 Å². The van der Waals surface area contributed by atoms with Gasteiger partial charge in [0, 0.05) is 18.1 Å². The summed E-state index contributed by atoms with van der Waals surface area (Å²) in [5.41, 5.74) is 3.95. The smallest absolute Gasteiger partial charge is 0.418 e. The molecule has 1 aromatic heterocycles. The fourth-order valence-corrected chi connectivity index (χ4v) is 3.78. The van der Waals surface area contributed by atoms with E-state index >= 15 is 0 Å². The van der Waals surface area contributed by atoms with Crippen LogP contribution >= 0.6 is 0 Å². The molecule has 1 aliphatic rings. The van der Waals surface area contributed by atoms with Gasteiger partial charge in [0.2, 0.25) is 0 Å². The summed E-state index contributed by atoms with van der Waals surface area (Å²) in [5.74, 6) is 0. The lowest BCUT2D eigenvalue weighted by atomic mass is 10.0. The maximum Gasteiger partial charge on any atom is 0.418 e. The van der Waals surface area contributed by atoms with Crippen molar-refractivity contribution in [2.24, 2.45) is 0 Å². The van der Waals surface area contributed by atoms with Gasteiger partial charge in [0.1, 0.15) is 13.2 Å². The molecule has 0 aliphatic carbocycles. The summed E-state index contributed by atoms with van der Waals surface area (Å²) in [6.45, 7) is 1.47. The van der Waals surface area contributed by atoms with Crippen LogP contribution in [0.4, 0.5) is 9.59 Å². The molecule has 162 valence electrons. The SMILES string of the molecule is CN(C)CCc1cn(C(=O)OCc2ccccc2)c2ccc(CC3COC(=O)N3)cc12. The zero-order chi connectivity index (χ0) is 21.8. The molecule has 4 rings (SSSR count). The van der Waals surface area contributed by atoms with Gasteiger partial charge in [-0.05, 0) is 55.8 Å². The number of hydrogen-bond acceptors (Lipinski definition) is 5. The fraction of sp³-hybridized carbons (Fsp3) is 0.333. The molecule has 0 saturated carbocycles. The molecule has 1 amide bonds. The van der Waals surface area contributed by atoms with Crippen molar-refractivity contribution in [2.75, 3.05) is 27.2 Å². The van der Waals surface area contributed by atoms with Gasteiger partial charge in [0.15, 0.2) is 0 Å². The molecule has 1 N–H and O–H groups in total. The van der Waals surface area contributed by atoms with Crippen LogP contribution in [0, 0.1) is 0 Å². The summed E-state index contributed by atoms with van der Waals surface area (Å²) in [6.07, 6.45) is 2.61. The number of hydrogen-bond donors (Lipinski definition) is 1. The average Bonchev–Trinajstić information content (AvgIpc) is 3.34. The van der Waals surface area contributed by atoms with Gasteiger partial charge in [0.05, 0.1) is 11.6 Å². The molecule has 1 unspecified atom stereocenters. The number of fused-ring (bicyclic) bond motifs is 1. The van der Waals surface area contributed by atoms with E-state index in [1.807, 2.05) is 62.8 Å². The van der Waals surface area contributed by atoms with E-state index in [1.165, 1.54) is 0 Å². The van der Waals surface area contributed by atoms with Crippen molar-refractivity contribution in [3.63, 3.8) is 0 Å². The van der Waals surface area contributed by atoms with E-state index < -0.39 is 6.09 Å². The molecule has 3 aromatic rings. The molecule has 1 fully saturated rings. The summed E-state index contributed by atoms with van der Waals surface area (Å²) < 4.78 is 12.1. The second-order valence-electron chi connectivity index (χ2n) is 8.11. The molecule has 1 aliphatic heterocycles. The lowest BCUT2D eigenvalue weighted by Crippen LogP contribution is -2.28. The highest BCUT2D eigenvalue weighted by Gasteiger charge is 2.23. The van der Waals surface area contributed by atoms with Gasteiger partial charge in [-0.3, -0.25) is 4.57 Å². The Labute approximate surface area is 181 Å². The van der Waals surface area contributed by atoms with E-state index in [9.17, 15) is 9.59 Å². The molecule has 0 bridgehead atoms. The normalized spacial score (nSPS) is 15.8. The number of benzene rings is 2. The van der Waals surface area contributed by atoms with E-state index in [4.69, 9.17) is 9.47 Å². The molecule has 0 radical (unpaired) electrons. The first kappa shape index (κ1) is 20.9. The zero-order valence-electron chi connectivity index (χ0n) is 17.8. The van der Waals surface area contributed by atoms with Crippen molar-refractivity contribution in [1.82, 2.24) is 14.8 Å². The Kier molecular flexibility index (Phi) is 6.23. The lowest BCUT2D eigenvalue weighted by Gasteiger charge is -2.10. The molecule has 0 spiro atoms. The van der Waals surface area contributed by atoms with Crippen molar-refractivity contribution in [3.8, 4) is 0 Å². The summed E-state index contributed by atoms with van der Waals surface area (Å²) in [4.78, 5) is 26.3. The Hall–Kier alpha value is -3.32. The van der Waals surface area contributed by atoms with Gasteiger partial charge in [-0.25, -0.2) is 9.59 Å². The molecule has 1 saturated heterocycles.